The van der Waals surface area contributed by atoms with Gasteiger partial charge in [0.05, 0.1) is 11.0 Å². The Labute approximate surface area is 395 Å². The number of aromatic nitrogens is 1. The van der Waals surface area contributed by atoms with Crippen LogP contribution < -0.4 is 4.90 Å². The number of nitrogens with zero attached hydrogens (tertiary/aromatic N) is 2. The van der Waals surface area contributed by atoms with E-state index >= 15 is 0 Å². The first-order chi connectivity index (χ1) is 33.7. The third kappa shape index (κ3) is 6.73. The summed E-state index contributed by atoms with van der Waals surface area (Å²) in [4.78, 5) is 2.41. The first-order valence-electron chi connectivity index (χ1n) is 23.4. The van der Waals surface area contributed by atoms with E-state index in [2.05, 4.69) is 276 Å². The van der Waals surface area contributed by atoms with E-state index in [1.54, 1.807) is 0 Å². The summed E-state index contributed by atoms with van der Waals surface area (Å²) < 4.78 is 2.45. The van der Waals surface area contributed by atoms with E-state index in [1.807, 2.05) is 0 Å². The molecule has 0 atom stereocenters. The highest BCUT2D eigenvalue weighted by Gasteiger charge is 2.22. The molecular weight excluding hydrogens is 821 g/mol. The lowest BCUT2D eigenvalue weighted by atomic mass is 9.94. The molecule has 2 nitrogen and oxygen atoms in total. The fraction of sp³-hybridized carbons (Fsp3) is 0. The molecule has 0 saturated carbocycles. The first kappa shape index (κ1) is 39.4. The lowest BCUT2D eigenvalue weighted by Crippen LogP contribution is -2.10. The van der Waals surface area contributed by atoms with Crippen molar-refractivity contribution in [1.29, 1.82) is 0 Å². The largest absolute Gasteiger partial charge is 0.310 e. The summed E-state index contributed by atoms with van der Waals surface area (Å²) in [6.07, 6.45) is 0. The molecule has 0 fully saturated rings. The van der Waals surface area contributed by atoms with Gasteiger partial charge in [-0.2, -0.15) is 0 Å². The van der Waals surface area contributed by atoms with E-state index in [1.165, 1.54) is 93.1 Å². The zero-order chi connectivity index (χ0) is 45.0. The molecule has 0 unspecified atom stereocenters. The van der Waals surface area contributed by atoms with Crippen LogP contribution in [0.5, 0.6) is 0 Å². The molecule has 0 N–H and O–H groups in total. The van der Waals surface area contributed by atoms with E-state index in [-0.39, 0.29) is 0 Å². The van der Waals surface area contributed by atoms with Crippen LogP contribution in [0.4, 0.5) is 17.1 Å². The number of fused-ring (bicyclic) bond motifs is 7. The van der Waals surface area contributed by atoms with Crippen LogP contribution >= 0.6 is 0 Å². The number of para-hydroxylation sites is 2. The summed E-state index contributed by atoms with van der Waals surface area (Å²) in [6, 6.07) is 97.5. The Hall–Kier alpha value is -8.98. The fourth-order valence-corrected chi connectivity index (χ4v) is 10.6. The van der Waals surface area contributed by atoms with Crippen molar-refractivity contribution >= 4 is 71.2 Å². The van der Waals surface area contributed by atoms with Crippen LogP contribution in [-0.4, -0.2) is 4.57 Å². The monoisotopic (exact) mass is 864 g/mol. The molecule has 12 aromatic carbocycles. The Morgan fingerprint density at radius 3 is 1.59 bits per heavy atom. The van der Waals surface area contributed by atoms with Gasteiger partial charge in [0.1, 0.15) is 0 Å². The third-order valence-corrected chi connectivity index (χ3v) is 13.8. The topological polar surface area (TPSA) is 8.17 Å². The Morgan fingerprint density at radius 2 is 0.794 bits per heavy atom. The molecule has 0 amide bonds. The Balaban J connectivity index is 0.959. The van der Waals surface area contributed by atoms with Gasteiger partial charge in [0.15, 0.2) is 0 Å². The van der Waals surface area contributed by atoms with Gasteiger partial charge in [-0.15, -0.1) is 0 Å². The smallest absolute Gasteiger partial charge is 0.0625 e. The molecule has 0 spiro atoms. The maximum atomic E-state index is 2.45. The van der Waals surface area contributed by atoms with Crippen LogP contribution in [0.3, 0.4) is 0 Å². The quantitative estimate of drug-likeness (QED) is 0.138. The van der Waals surface area contributed by atoms with Crippen molar-refractivity contribution in [2.24, 2.45) is 0 Å². The number of benzene rings is 12. The van der Waals surface area contributed by atoms with Gasteiger partial charge in [0, 0.05) is 39.1 Å². The van der Waals surface area contributed by atoms with E-state index in [9.17, 15) is 0 Å². The number of hydrogen-bond acceptors (Lipinski definition) is 1. The summed E-state index contributed by atoms with van der Waals surface area (Å²) in [5.74, 6) is 0. The van der Waals surface area contributed by atoms with Crippen molar-refractivity contribution < 1.29 is 0 Å². The minimum atomic E-state index is 1.09. The van der Waals surface area contributed by atoms with Crippen LogP contribution in [0.1, 0.15) is 0 Å². The molecule has 0 radical (unpaired) electrons. The van der Waals surface area contributed by atoms with Gasteiger partial charge in [-0.1, -0.05) is 212 Å². The molecule has 13 rings (SSSR count). The molecule has 2 heteroatoms. The maximum absolute atomic E-state index is 2.45. The van der Waals surface area contributed by atoms with Gasteiger partial charge < -0.3 is 9.47 Å². The van der Waals surface area contributed by atoms with E-state index < -0.39 is 0 Å². The third-order valence-electron chi connectivity index (χ3n) is 13.8. The SMILES string of the molecule is c1ccc(-c2ccc(-c3cccc(N(c4ccc(-c5ccc(-c6cccc7ccccc67)cc5)cc4)c4ccc5c(ccc6ccccc65)c4)c3)c3c4ccccc4n(-c4ccccc4)c23)cc1. The van der Waals surface area contributed by atoms with Crippen LogP contribution in [0.15, 0.2) is 267 Å². The standard InChI is InChI=1S/C66H44N2/c1-3-15-48(16-4-1)62-42-41-61(65-63-26-11-12-28-64(63)68(66(62)65)53-21-5-2-6-22-53)51-20-13-23-55(43-51)67(56-39-40-60-52(44-56)34-33-49-18-8-10-25-58(49)60)54-37-35-46(36-38-54)45-29-31-50(32-30-45)59-27-14-19-47-17-7-9-24-57(47)59/h1-44H. The minimum Gasteiger partial charge on any atom is -0.310 e. The van der Waals surface area contributed by atoms with Crippen molar-refractivity contribution in [2.75, 3.05) is 4.90 Å². The zero-order valence-electron chi connectivity index (χ0n) is 37.3. The summed E-state index contributed by atoms with van der Waals surface area (Å²) in [5, 5.41) is 9.95. The summed E-state index contributed by atoms with van der Waals surface area (Å²) in [5.41, 5.74) is 16.4. The van der Waals surface area contributed by atoms with Crippen molar-refractivity contribution in [3.8, 4) is 50.2 Å². The second-order valence-electron chi connectivity index (χ2n) is 17.7. The van der Waals surface area contributed by atoms with Crippen molar-refractivity contribution in [2.45, 2.75) is 0 Å². The summed E-state index contributed by atoms with van der Waals surface area (Å²) >= 11 is 0. The highest BCUT2D eigenvalue weighted by atomic mass is 15.1. The number of rotatable bonds is 8. The average molecular weight is 865 g/mol. The van der Waals surface area contributed by atoms with Gasteiger partial charge in [-0.25, -0.2) is 0 Å². The van der Waals surface area contributed by atoms with Crippen molar-refractivity contribution in [3.63, 3.8) is 0 Å². The molecule has 0 saturated heterocycles. The molecule has 1 aromatic heterocycles. The molecule has 0 aliphatic rings. The zero-order valence-corrected chi connectivity index (χ0v) is 37.3. The number of anilines is 3. The molecule has 318 valence electrons. The van der Waals surface area contributed by atoms with E-state index in [0.717, 1.165) is 28.3 Å². The van der Waals surface area contributed by atoms with Gasteiger partial charge >= 0.3 is 0 Å². The van der Waals surface area contributed by atoms with Gasteiger partial charge in [0.2, 0.25) is 0 Å². The van der Waals surface area contributed by atoms with Gasteiger partial charge in [-0.05, 0) is 126 Å². The minimum absolute atomic E-state index is 1.09. The lowest BCUT2D eigenvalue weighted by Gasteiger charge is -2.27. The molecule has 1 heterocycles. The molecule has 13 aromatic rings. The lowest BCUT2D eigenvalue weighted by molar-refractivity contribution is 1.18. The molecular formula is C66H44N2. The summed E-state index contributed by atoms with van der Waals surface area (Å²) in [6.45, 7) is 0. The van der Waals surface area contributed by atoms with Gasteiger partial charge in [0.25, 0.3) is 0 Å². The Kier molecular flexibility index (Phi) is 9.54. The van der Waals surface area contributed by atoms with Crippen LogP contribution in [-0.2, 0) is 0 Å². The van der Waals surface area contributed by atoms with Crippen molar-refractivity contribution in [1.82, 2.24) is 4.57 Å². The first-order valence-corrected chi connectivity index (χ1v) is 23.4. The molecule has 0 aliphatic heterocycles. The molecule has 68 heavy (non-hydrogen) atoms. The van der Waals surface area contributed by atoms with E-state index in [4.69, 9.17) is 0 Å². The van der Waals surface area contributed by atoms with Crippen LogP contribution in [0.25, 0.3) is 104 Å². The second kappa shape index (κ2) is 16.5. The van der Waals surface area contributed by atoms with Crippen LogP contribution in [0.2, 0.25) is 0 Å². The predicted molar refractivity (Wildman–Crippen MR) is 290 cm³/mol. The second-order valence-corrected chi connectivity index (χ2v) is 17.7. The Morgan fingerprint density at radius 1 is 0.265 bits per heavy atom. The maximum Gasteiger partial charge on any atom is 0.0625 e. The number of hydrogen-bond donors (Lipinski definition) is 0. The normalized spacial score (nSPS) is 11.5. The highest BCUT2D eigenvalue weighted by molar-refractivity contribution is 6.20. The average Bonchev–Trinajstić information content (AvgIpc) is 3.77. The van der Waals surface area contributed by atoms with Gasteiger partial charge in [-0.3, -0.25) is 0 Å². The molecule has 0 bridgehead atoms. The summed E-state index contributed by atoms with van der Waals surface area (Å²) in [7, 11) is 0. The Bertz CT molecular complexity index is 3990. The predicted octanol–water partition coefficient (Wildman–Crippen LogP) is 18.4. The van der Waals surface area contributed by atoms with Crippen molar-refractivity contribution in [3.05, 3.63) is 267 Å². The molecule has 0 aliphatic carbocycles. The van der Waals surface area contributed by atoms with Crippen LogP contribution in [0, 0.1) is 0 Å². The highest BCUT2D eigenvalue weighted by Crippen LogP contribution is 2.45. The fourth-order valence-electron chi connectivity index (χ4n) is 10.6. The van der Waals surface area contributed by atoms with E-state index in [0.29, 0.717) is 0 Å².